The average molecular weight is 433 g/mol. The van der Waals surface area contributed by atoms with Crippen LogP contribution < -0.4 is 19.8 Å². The molecule has 0 fully saturated rings. The van der Waals surface area contributed by atoms with Crippen LogP contribution in [0.4, 0.5) is 4.39 Å². The maximum atomic E-state index is 13.8. The van der Waals surface area contributed by atoms with Crippen molar-refractivity contribution < 1.29 is 22.3 Å². The Morgan fingerprint density at radius 2 is 1.80 bits per heavy atom. The van der Waals surface area contributed by atoms with Crippen LogP contribution in [0, 0.1) is 5.82 Å². The maximum absolute atomic E-state index is 13.8. The van der Waals surface area contributed by atoms with Crippen LogP contribution in [0.1, 0.15) is 0 Å². The summed E-state index contributed by atoms with van der Waals surface area (Å²) in [6, 6.07) is 11.8. The van der Waals surface area contributed by atoms with E-state index in [4.69, 9.17) is 9.47 Å². The van der Waals surface area contributed by atoms with Crippen LogP contribution in [-0.4, -0.2) is 38.7 Å². The van der Waals surface area contributed by atoms with Gasteiger partial charge in [-0.15, -0.1) is 0 Å². The number of hydrogen-bond acceptors (Lipinski definition) is 6. The monoisotopic (exact) mass is 433 g/mol. The molecule has 0 atom stereocenters. The molecule has 3 aromatic rings. The van der Waals surface area contributed by atoms with Gasteiger partial charge in [0, 0.05) is 24.7 Å². The van der Waals surface area contributed by atoms with Crippen LogP contribution in [0.2, 0.25) is 0 Å². The van der Waals surface area contributed by atoms with E-state index >= 15 is 0 Å². The highest BCUT2D eigenvalue weighted by molar-refractivity contribution is 7.89. The van der Waals surface area contributed by atoms with Gasteiger partial charge in [0.25, 0.3) is 5.56 Å². The first kappa shape index (κ1) is 21.5. The first-order chi connectivity index (χ1) is 14.3. The molecular weight excluding hydrogens is 413 g/mol. The molecule has 1 aromatic heterocycles. The van der Waals surface area contributed by atoms with Crippen LogP contribution in [0.3, 0.4) is 0 Å². The highest BCUT2D eigenvalue weighted by atomic mass is 32.2. The normalized spacial score (nSPS) is 11.3. The van der Waals surface area contributed by atoms with E-state index in [0.717, 1.165) is 11.6 Å². The summed E-state index contributed by atoms with van der Waals surface area (Å²) >= 11 is 0. The third-order valence-corrected chi connectivity index (χ3v) is 5.80. The molecular formula is C20H20FN3O5S. The molecule has 0 spiro atoms. The summed E-state index contributed by atoms with van der Waals surface area (Å²) in [7, 11) is -1.09. The zero-order chi connectivity index (χ0) is 21.7. The van der Waals surface area contributed by atoms with E-state index in [9.17, 15) is 17.6 Å². The van der Waals surface area contributed by atoms with Crippen molar-refractivity contribution in [1.82, 2.24) is 14.3 Å². The molecule has 2 aromatic carbocycles. The van der Waals surface area contributed by atoms with Gasteiger partial charge in [-0.25, -0.2) is 22.5 Å². The second-order valence-corrected chi connectivity index (χ2v) is 8.00. The van der Waals surface area contributed by atoms with Gasteiger partial charge >= 0.3 is 0 Å². The molecule has 3 rings (SSSR count). The van der Waals surface area contributed by atoms with Crippen LogP contribution in [0.25, 0.3) is 11.3 Å². The van der Waals surface area contributed by atoms with E-state index in [1.165, 1.54) is 36.2 Å². The van der Waals surface area contributed by atoms with Crippen molar-refractivity contribution in [2.45, 2.75) is 11.4 Å². The second kappa shape index (κ2) is 9.06. The fraction of sp³-hybridized carbons (Fsp3) is 0.200. The number of ether oxygens (including phenoxy) is 2. The number of sulfonamides is 1. The third-order valence-electron chi connectivity index (χ3n) is 4.34. The van der Waals surface area contributed by atoms with Crippen molar-refractivity contribution in [3.8, 4) is 22.8 Å². The maximum Gasteiger partial charge on any atom is 0.253 e. The predicted octanol–water partition coefficient (Wildman–Crippen LogP) is 2.05. The van der Waals surface area contributed by atoms with E-state index in [1.54, 1.807) is 31.4 Å². The molecule has 1 N–H and O–H groups in total. The average Bonchev–Trinajstić information content (AvgIpc) is 2.74. The lowest BCUT2D eigenvalue weighted by atomic mass is 10.1. The standard InChI is InChI=1S/C20H20FN3O5S/c1-28-15-5-3-14(4-6-15)18-12-20(25)24(13-22-18)10-9-23-30(26,27)16-7-8-19(29-2)17(21)11-16/h3-8,11-13,23H,9-10H2,1-2H3. The Bertz CT molecular complexity index is 1190. The van der Waals surface area contributed by atoms with Gasteiger partial charge in [0.05, 0.1) is 31.1 Å². The fourth-order valence-electron chi connectivity index (χ4n) is 2.71. The molecule has 0 bridgehead atoms. The summed E-state index contributed by atoms with van der Waals surface area (Å²) in [4.78, 5) is 16.4. The van der Waals surface area contributed by atoms with Crippen LogP contribution >= 0.6 is 0 Å². The molecule has 0 radical (unpaired) electrons. The van der Waals surface area contributed by atoms with Crippen molar-refractivity contribution in [1.29, 1.82) is 0 Å². The molecule has 0 aliphatic carbocycles. The first-order valence-corrected chi connectivity index (χ1v) is 10.4. The Morgan fingerprint density at radius 1 is 1.07 bits per heavy atom. The summed E-state index contributed by atoms with van der Waals surface area (Å²) in [6.07, 6.45) is 1.35. The van der Waals surface area contributed by atoms with Crippen molar-refractivity contribution in [3.63, 3.8) is 0 Å². The smallest absolute Gasteiger partial charge is 0.253 e. The van der Waals surface area contributed by atoms with E-state index in [1.807, 2.05) is 0 Å². The molecule has 0 aliphatic rings. The Kier molecular flexibility index (Phi) is 6.48. The number of methoxy groups -OCH3 is 2. The first-order valence-electron chi connectivity index (χ1n) is 8.88. The quantitative estimate of drug-likeness (QED) is 0.584. The number of halogens is 1. The van der Waals surface area contributed by atoms with Crippen LogP contribution in [0.15, 0.2) is 64.5 Å². The molecule has 0 saturated carbocycles. The Labute approximate surface area is 173 Å². The molecule has 1 heterocycles. The minimum absolute atomic E-state index is 0.0523. The number of benzene rings is 2. The zero-order valence-corrected chi connectivity index (χ0v) is 17.1. The van der Waals surface area contributed by atoms with Gasteiger partial charge in [0.15, 0.2) is 11.6 Å². The predicted molar refractivity (Wildman–Crippen MR) is 109 cm³/mol. The van der Waals surface area contributed by atoms with Crippen molar-refractivity contribution in [2.24, 2.45) is 0 Å². The van der Waals surface area contributed by atoms with Gasteiger partial charge in [0.2, 0.25) is 10.0 Å². The van der Waals surface area contributed by atoms with Gasteiger partial charge in [-0.05, 0) is 42.5 Å². The Hall–Kier alpha value is -3.24. The van der Waals surface area contributed by atoms with E-state index in [2.05, 4.69) is 9.71 Å². The van der Waals surface area contributed by atoms with Crippen molar-refractivity contribution >= 4 is 10.0 Å². The van der Waals surface area contributed by atoms with E-state index in [-0.39, 0.29) is 29.3 Å². The summed E-state index contributed by atoms with van der Waals surface area (Å²) in [5, 5.41) is 0. The fourth-order valence-corrected chi connectivity index (χ4v) is 3.74. The van der Waals surface area contributed by atoms with Crippen molar-refractivity contribution in [2.75, 3.05) is 20.8 Å². The minimum atomic E-state index is -3.94. The molecule has 0 aliphatic heterocycles. The lowest BCUT2D eigenvalue weighted by Gasteiger charge is -2.10. The van der Waals surface area contributed by atoms with Gasteiger partial charge in [0.1, 0.15) is 5.75 Å². The third kappa shape index (κ3) is 4.84. The lowest BCUT2D eigenvalue weighted by molar-refractivity contribution is 0.385. The van der Waals surface area contributed by atoms with E-state index < -0.39 is 15.8 Å². The molecule has 0 unspecified atom stereocenters. The topological polar surface area (TPSA) is 99.5 Å². The van der Waals surface area contributed by atoms with Crippen LogP contribution in [-0.2, 0) is 16.6 Å². The summed E-state index contributed by atoms with van der Waals surface area (Å²) in [5.74, 6) is -0.144. The number of hydrogen-bond donors (Lipinski definition) is 1. The minimum Gasteiger partial charge on any atom is -0.497 e. The van der Waals surface area contributed by atoms with Gasteiger partial charge in [-0.1, -0.05) is 0 Å². The van der Waals surface area contributed by atoms with Crippen molar-refractivity contribution in [3.05, 3.63) is 71.0 Å². The Morgan fingerprint density at radius 3 is 2.40 bits per heavy atom. The highest BCUT2D eigenvalue weighted by Crippen LogP contribution is 2.21. The van der Waals surface area contributed by atoms with Crippen LogP contribution in [0.5, 0.6) is 11.5 Å². The van der Waals surface area contributed by atoms with Gasteiger partial charge < -0.3 is 9.47 Å². The molecule has 8 nitrogen and oxygen atoms in total. The summed E-state index contributed by atoms with van der Waals surface area (Å²) in [6.45, 7) is -0.00789. The Balaban J connectivity index is 1.67. The summed E-state index contributed by atoms with van der Waals surface area (Å²) in [5.41, 5.74) is 0.918. The number of nitrogens with one attached hydrogen (secondary N) is 1. The number of nitrogens with zero attached hydrogens (tertiary/aromatic N) is 2. The van der Waals surface area contributed by atoms with E-state index in [0.29, 0.717) is 11.4 Å². The molecule has 30 heavy (non-hydrogen) atoms. The molecule has 0 amide bonds. The largest absolute Gasteiger partial charge is 0.497 e. The molecule has 10 heteroatoms. The number of aromatic nitrogens is 2. The number of rotatable bonds is 8. The molecule has 0 saturated heterocycles. The second-order valence-electron chi connectivity index (χ2n) is 6.23. The van der Waals surface area contributed by atoms with Gasteiger partial charge in [-0.2, -0.15) is 0 Å². The highest BCUT2D eigenvalue weighted by Gasteiger charge is 2.16. The van der Waals surface area contributed by atoms with Gasteiger partial charge in [-0.3, -0.25) is 9.36 Å². The summed E-state index contributed by atoms with van der Waals surface area (Å²) < 4.78 is 51.9. The SMILES string of the molecule is COc1ccc(-c2cc(=O)n(CCNS(=O)(=O)c3ccc(OC)c(F)c3)cn2)cc1. The lowest BCUT2D eigenvalue weighted by Crippen LogP contribution is -2.31. The zero-order valence-electron chi connectivity index (χ0n) is 16.3. The molecule has 158 valence electrons.